The number of nitrogens with zero attached hydrogens (tertiary/aromatic N) is 4. The maximum Gasteiger partial charge on any atom is 0.433 e. The standard InChI is InChI=1S/C29H28F3N5O3S.ClH/c1-13-8-19(29(30,31)32)35-23(20(13)25(38)36-10-14-4-6-34-18(14)12-36)16-5-7-33-17-9-15(41-24(16)17)11-37-26(39)21-22(27(37)40)28(21,2)3;/h5,7-9,14,18,21-22,34H,4,6,10-12H2,1-3H3;1H/t14-,18+,21?,22?;/m0./s1. The number of alkyl halides is 3. The molecule has 3 aromatic heterocycles. The first-order chi connectivity index (χ1) is 19.4. The molecular formula is C29H29ClF3N5O3S. The number of hydrogen-bond acceptors (Lipinski definition) is 7. The van der Waals surface area contributed by atoms with E-state index in [1.54, 1.807) is 17.0 Å². The molecule has 8 nitrogen and oxygen atoms in total. The Hall–Kier alpha value is -3.09. The third-order valence-corrected chi connectivity index (χ3v) is 10.4. The molecule has 3 aliphatic heterocycles. The van der Waals surface area contributed by atoms with Gasteiger partial charge < -0.3 is 10.2 Å². The van der Waals surface area contributed by atoms with Crippen molar-refractivity contribution in [3.63, 3.8) is 0 Å². The van der Waals surface area contributed by atoms with E-state index in [1.165, 1.54) is 29.4 Å². The van der Waals surface area contributed by atoms with E-state index in [4.69, 9.17) is 0 Å². The topological polar surface area (TPSA) is 95.5 Å². The van der Waals surface area contributed by atoms with Gasteiger partial charge in [-0.2, -0.15) is 13.2 Å². The highest BCUT2D eigenvalue weighted by Gasteiger charge is 2.72. The Morgan fingerprint density at radius 1 is 1.17 bits per heavy atom. The first-order valence-electron chi connectivity index (χ1n) is 13.7. The van der Waals surface area contributed by atoms with Crippen molar-refractivity contribution in [3.8, 4) is 11.3 Å². The normalized spacial score (nSPS) is 26.0. The van der Waals surface area contributed by atoms with Gasteiger partial charge in [-0.1, -0.05) is 13.8 Å². The second-order valence-electron chi connectivity index (χ2n) is 12.2. The predicted molar refractivity (Wildman–Crippen MR) is 152 cm³/mol. The molecule has 3 saturated heterocycles. The average molecular weight is 620 g/mol. The molecule has 0 aromatic carbocycles. The molecule has 3 aromatic rings. The molecule has 1 aliphatic carbocycles. The summed E-state index contributed by atoms with van der Waals surface area (Å²) >= 11 is 1.25. The zero-order valence-electron chi connectivity index (χ0n) is 23.1. The number of hydrogen-bond donors (Lipinski definition) is 1. The monoisotopic (exact) mass is 619 g/mol. The highest BCUT2D eigenvalue weighted by molar-refractivity contribution is 7.19. The summed E-state index contributed by atoms with van der Waals surface area (Å²) in [6.07, 6.45) is -2.27. The van der Waals surface area contributed by atoms with Crippen LogP contribution in [0.2, 0.25) is 0 Å². The highest BCUT2D eigenvalue weighted by Crippen LogP contribution is 2.63. The number of likely N-dealkylation sites (tertiary alicyclic amines) is 2. The molecular weight excluding hydrogens is 591 g/mol. The molecule has 13 heteroatoms. The van der Waals surface area contributed by atoms with Crippen LogP contribution >= 0.6 is 23.7 Å². The largest absolute Gasteiger partial charge is 0.433 e. The number of amides is 3. The number of fused-ring (bicyclic) bond motifs is 3. The molecule has 7 rings (SSSR count). The van der Waals surface area contributed by atoms with Gasteiger partial charge in [0.05, 0.1) is 39.9 Å². The van der Waals surface area contributed by atoms with Crippen molar-refractivity contribution in [1.29, 1.82) is 0 Å². The first-order valence-corrected chi connectivity index (χ1v) is 14.5. The number of carbonyl (C=O) groups is 3. The van der Waals surface area contributed by atoms with Crippen LogP contribution < -0.4 is 5.32 Å². The van der Waals surface area contributed by atoms with E-state index in [2.05, 4.69) is 15.3 Å². The van der Waals surface area contributed by atoms with Crippen LogP contribution in [0, 0.1) is 30.1 Å². The highest BCUT2D eigenvalue weighted by atomic mass is 35.5. The lowest BCUT2D eigenvalue weighted by Gasteiger charge is -2.22. The second-order valence-corrected chi connectivity index (χ2v) is 13.3. The van der Waals surface area contributed by atoms with Crippen molar-refractivity contribution in [2.45, 2.75) is 46.0 Å². The van der Waals surface area contributed by atoms with E-state index >= 15 is 0 Å². The molecule has 4 aliphatic rings. The molecule has 4 fully saturated rings. The lowest BCUT2D eigenvalue weighted by Crippen LogP contribution is -2.35. The summed E-state index contributed by atoms with van der Waals surface area (Å²) in [6.45, 7) is 7.35. The summed E-state index contributed by atoms with van der Waals surface area (Å²) in [5.74, 6) is -1.00. The zero-order valence-corrected chi connectivity index (χ0v) is 24.8. The van der Waals surface area contributed by atoms with Gasteiger partial charge in [-0.25, -0.2) is 4.98 Å². The van der Waals surface area contributed by atoms with Crippen molar-refractivity contribution in [1.82, 2.24) is 25.1 Å². The maximum absolute atomic E-state index is 13.9. The van der Waals surface area contributed by atoms with Crippen molar-refractivity contribution in [2.75, 3.05) is 19.6 Å². The average Bonchev–Trinajstić information content (AvgIpc) is 3.44. The predicted octanol–water partition coefficient (Wildman–Crippen LogP) is 4.68. The Morgan fingerprint density at radius 2 is 1.88 bits per heavy atom. The molecule has 3 amide bonds. The summed E-state index contributed by atoms with van der Waals surface area (Å²) in [5, 5.41) is 3.40. The number of nitrogens with one attached hydrogen (secondary N) is 1. The van der Waals surface area contributed by atoms with Crippen LogP contribution in [0.4, 0.5) is 13.2 Å². The minimum atomic E-state index is -4.70. The fourth-order valence-corrected chi connectivity index (χ4v) is 8.14. The fraction of sp³-hybridized carbons (Fsp3) is 0.483. The van der Waals surface area contributed by atoms with Crippen molar-refractivity contribution < 1.29 is 27.6 Å². The number of aromatic nitrogens is 2. The van der Waals surface area contributed by atoms with Gasteiger partial charge in [-0.3, -0.25) is 24.3 Å². The van der Waals surface area contributed by atoms with Crippen molar-refractivity contribution in [3.05, 3.63) is 46.1 Å². The van der Waals surface area contributed by atoms with Gasteiger partial charge in [0.1, 0.15) is 5.69 Å². The molecule has 4 atom stereocenters. The molecule has 2 unspecified atom stereocenters. The quantitative estimate of drug-likeness (QED) is 0.426. The Labute approximate surface area is 250 Å². The summed E-state index contributed by atoms with van der Waals surface area (Å²) in [6, 6.07) is 4.44. The van der Waals surface area contributed by atoms with Gasteiger partial charge >= 0.3 is 6.18 Å². The van der Waals surface area contributed by atoms with E-state index in [0.717, 1.165) is 19.0 Å². The Bertz CT molecular complexity index is 1620. The number of carbonyl (C=O) groups excluding carboxylic acids is 3. The summed E-state index contributed by atoms with van der Waals surface area (Å²) in [5.41, 5.74) is -0.212. The van der Waals surface area contributed by atoms with Crippen molar-refractivity contribution >= 4 is 51.7 Å². The molecule has 222 valence electrons. The summed E-state index contributed by atoms with van der Waals surface area (Å²) < 4.78 is 42.3. The van der Waals surface area contributed by atoms with Crippen LogP contribution in [0.25, 0.3) is 21.5 Å². The molecule has 1 N–H and O–H groups in total. The maximum atomic E-state index is 13.9. The number of pyridine rings is 2. The van der Waals surface area contributed by atoms with Gasteiger partial charge in [-0.05, 0) is 55.0 Å². The third-order valence-electron chi connectivity index (χ3n) is 9.29. The number of imide groups is 1. The van der Waals surface area contributed by atoms with Gasteiger partial charge in [0.25, 0.3) is 5.91 Å². The lowest BCUT2D eigenvalue weighted by atomic mass is 9.99. The minimum absolute atomic E-state index is 0. The van der Waals surface area contributed by atoms with E-state index in [-0.39, 0.29) is 76.8 Å². The fourth-order valence-electron chi connectivity index (χ4n) is 7.02. The van der Waals surface area contributed by atoms with E-state index < -0.39 is 11.9 Å². The SMILES string of the molecule is Cc1cc(C(F)(F)F)nc(-c2ccnc3cc(CN4C(=O)C5C(C4=O)C5(C)C)sc23)c1C(=O)N1C[C@@H]2CCN[C@@H]2C1.Cl. The number of rotatable bonds is 4. The van der Waals surface area contributed by atoms with Crippen LogP contribution in [0.1, 0.15) is 46.8 Å². The molecule has 0 spiro atoms. The number of aryl methyl sites for hydroxylation is 1. The van der Waals surface area contributed by atoms with Gasteiger partial charge in [0.2, 0.25) is 11.8 Å². The molecule has 0 radical (unpaired) electrons. The smallest absolute Gasteiger partial charge is 0.337 e. The summed E-state index contributed by atoms with van der Waals surface area (Å²) in [7, 11) is 0. The van der Waals surface area contributed by atoms with Crippen LogP contribution in [0.3, 0.4) is 0 Å². The summed E-state index contributed by atoms with van der Waals surface area (Å²) in [4.78, 5) is 51.7. The van der Waals surface area contributed by atoms with Gasteiger partial charge in [0, 0.05) is 35.8 Å². The first kappa shape index (κ1) is 29.0. The molecule has 1 saturated carbocycles. The lowest BCUT2D eigenvalue weighted by molar-refractivity contribution is -0.144. The number of piperidine rings is 1. The van der Waals surface area contributed by atoms with Gasteiger partial charge in [-0.15, -0.1) is 23.7 Å². The van der Waals surface area contributed by atoms with Gasteiger partial charge in [0.15, 0.2) is 0 Å². The van der Waals surface area contributed by atoms with Crippen molar-refractivity contribution in [2.24, 2.45) is 23.2 Å². The van der Waals surface area contributed by atoms with Crippen LogP contribution in [0.15, 0.2) is 24.4 Å². The van der Waals surface area contributed by atoms with E-state index in [1.807, 2.05) is 13.8 Å². The van der Waals surface area contributed by atoms with Crippen LogP contribution in [-0.4, -0.2) is 63.2 Å². The Kier molecular flexibility index (Phi) is 6.71. The Balaban J connectivity index is 0.00000316. The van der Waals surface area contributed by atoms with E-state index in [9.17, 15) is 27.6 Å². The molecule has 0 bridgehead atoms. The third kappa shape index (κ3) is 4.32. The second kappa shape index (κ2) is 9.72. The van der Waals surface area contributed by atoms with Crippen LogP contribution in [0.5, 0.6) is 0 Å². The number of thiophene rings is 1. The van der Waals surface area contributed by atoms with E-state index in [0.29, 0.717) is 39.7 Å². The molecule has 6 heterocycles. The minimum Gasteiger partial charge on any atom is -0.337 e. The Morgan fingerprint density at radius 3 is 2.55 bits per heavy atom. The molecule has 42 heavy (non-hydrogen) atoms. The number of halogens is 4. The zero-order chi connectivity index (χ0) is 29.0. The van der Waals surface area contributed by atoms with Crippen LogP contribution in [-0.2, 0) is 22.3 Å².